The van der Waals surface area contributed by atoms with Crippen molar-refractivity contribution in [2.24, 2.45) is 11.8 Å². The van der Waals surface area contributed by atoms with E-state index in [9.17, 15) is 24.3 Å². The van der Waals surface area contributed by atoms with Crippen LogP contribution in [-0.2, 0) is 32.1 Å². The molecule has 3 aromatic rings. The smallest absolute Gasteiger partial charge is 0.257 e. The van der Waals surface area contributed by atoms with Crippen molar-refractivity contribution in [3.63, 3.8) is 0 Å². The summed E-state index contributed by atoms with van der Waals surface area (Å²) < 4.78 is 0. The molecule has 2 unspecified atom stereocenters. The van der Waals surface area contributed by atoms with Crippen LogP contribution < -0.4 is 21.4 Å². The lowest BCUT2D eigenvalue weighted by Crippen LogP contribution is -2.59. The second-order valence-electron chi connectivity index (χ2n) is 12.6. The summed E-state index contributed by atoms with van der Waals surface area (Å²) in [5.41, 5.74) is 6.82. The first-order valence-electron chi connectivity index (χ1n) is 16.1. The SMILES string of the molecule is CC(=O)N[C@H](C(=O)NC(Cc1ccccc1)C(O)CN(Cc1ccc(-c2ccccc2)cc1)NC(=O)[C@@H](NC(C)=O)C(C)C)C(C)C. The molecule has 47 heavy (non-hydrogen) atoms. The molecule has 10 heteroatoms. The molecule has 0 heterocycles. The molecule has 0 spiro atoms. The first-order chi connectivity index (χ1) is 22.3. The monoisotopic (exact) mass is 643 g/mol. The number of hydrogen-bond acceptors (Lipinski definition) is 6. The van der Waals surface area contributed by atoms with Crippen molar-refractivity contribution in [3.8, 4) is 11.1 Å². The van der Waals surface area contributed by atoms with Crippen LogP contribution in [0.25, 0.3) is 11.1 Å². The molecule has 3 aromatic carbocycles. The van der Waals surface area contributed by atoms with Crippen LogP contribution in [0.2, 0.25) is 0 Å². The zero-order valence-corrected chi connectivity index (χ0v) is 28.2. The maximum atomic E-state index is 13.5. The van der Waals surface area contributed by atoms with Gasteiger partial charge in [0.25, 0.3) is 5.91 Å². The molecule has 0 saturated carbocycles. The van der Waals surface area contributed by atoms with Crippen LogP contribution in [0.15, 0.2) is 84.9 Å². The molecule has 0 aliphatic carbocycles. The van der Waals surface area contributed by atoms with Crippen LogP contribution in [0.1, 0.15) is 52.7 Å². The van der Waals surface area contributed by atoms with Gasteiger partial charge in [0.1, 0.15) is 12.1 Å². The van der Waals surface area contributed by atoms with Crippen LogP contribution in [-0.4, -0.2) is 64.5 Å². The highest BCUT2D eigenvalue weighted by Gasteiger charge is 2.31. The van der Waals surface area contributed by atoms with Crippen LogP contribution in [0.4, 0.5) is 0 Å². The summed E-state index contributed by atoms with van der Waals surface area (Å²) in [5.74, 6) is -1.87. The summed E-state index contributed by atoms with van der Waals surface area (Å²) in [7, 11) is 0. The van der Waals surface area contributed by atoms with Gasteiger partial charge in [-0.1, -0.05) is 113 Å². The van der Waals surface area contributed by atoms with Crippen molar-refractivity contribution < 1.29 is 24.3 Å². The zero-order chi connectivity index (χ0) is 34.5. The molecular weight excluding hydrogens is 594 g/mol. The number of hydrazine groups is 1. The van der Waals surface area contributed by atoms with Crippen molar-refractivity contribution in [2.45, 2.75) is 78.7 Å². The van der Waals surface area contributed by atoms with E-state index in [4.69, 9.17) is 0 Å². The fourth-order valence-corrected chi connectivity index (χ4v) is 5.31. The summed E-state index contributed by atoms with van der Waals surface area (Å²) in [4.78, 5) is 50.7. The number of aliphatic hydroxyl groups excluding tert-OH is 1. The Kier molecular flexibility index (Phi) is 14.1. The van der Waals surface area contributed by atoms with E-state index < -0.39 is 36.0 Å². The Morgan fingerprint density at radius 1 is 0.638 bits per heavy atom. The first kappa shape index (κ1) is 36.9. The molecule has 5 N–H and O–H groups in total. The highest BCUT2D eigenvalue weighted by molar-refractivity contribution is 5.87. The molecule has 0 aromatic heterocycles. The van der Waals surface area contributed by atoms with Crippen molar-refractivity contribution >= 4 is 23.6 Å². The van der Waals surface area contributed by atoms with Crippen molar-refractivity contribution in [1.29, 1.82) is 0 Å². The second kappa shape index (κ2) is 18.0. The summed E-state index contributed by atoms with van der Waals surface area (Å²) in [6.07, 6.45) is -0.821. The van der Waals surface area contributed by atoms with Crippen molar-refractivity contribution in [2.75, 3.05) is 6.54 Å². The maximum Gasteiger partial charge on any atom is 0.257 e. The van der Waals surface area contributed by atoms with Gasteiger partial charge in [0.2, 0.25) is 17.7 Å². The average Bonchev–Trinajstić information content (AvgIpc) is 3.02. The molecule has 0 aliphatic rings. The summed E-state index contributed by atoms with van der Waals surface area (Å²) in [6.45, 7) is 10.3. The highest BCUT2D eigenvalue weighted by atomic mass is 16.3. The number of benzene rings is 3. The Balaban J connectivity index is 1.90. The lowest BCUT2D eigenvalue weighted by molar-refractivity contribution is -0.134. The lowest BCUT2D eigenvalue weighted by atomic mass is 9.98. The number of aliphatic hydroxyl groups is 1. The highest BCUT2D eigenvalue weighted by Crippen LogP contribution is 2.20. The van der Waals surface area contributed by atoms with Crippen LogP contribution in [0, 0.1) is 11.8 Å². The summed E-state index contributed by atoms with van der Waals surface area (Å²) in [5, 5.41) is 21.7. The fourth-order valence-electron chi connectivity index (χ4n) is 5.31. The van der Waals surface area contributed by atoms with Gasteiger partial charge in [-0.05, 0) is 40.5 Å². The molecule has 0 saturated heterocycles. The Bertz CT molecular complexity index is 1450. The molecule has 0 aliphatic heterocycles. The van der Waals surface area contributed by atoms with Gasteiger partial charge in [-0.3, -0.25) is 24.6 Å². The van der Waals surface area contributed by atoms with Gasteiger partial charge in [0.05, 0.1) is 12.1 Å². The van der Waals surface area contributed by atoms with Gasteiger partial charge < -0.3 is 21.1 Å². The van der Waals surface area contributed by atoms with E-state index >= 15 is 0 Å². The Morgan fingerprint density at radius 3 is 1.64 bits per heavy atom. The zero-order valence-electron chi connectivity index (χ0n) is 28.2. The van der Waals surface area contributed by atoms with Crippen molar-refractivity contribution in [1.82, 2.24) is 26.4 Å². The normalized spacial score (nSPS) is 13.8. The molecule has 0 fully saturated rings. The van der Waals surface area contributed by atoms with E-state index in [0.717, 1.165) is 22.3 Å². The summed E-state index contributed by atoms with van der Waals surface area (Å²) >= 11 is 0. The number of nitrogens with one attached hydrogen (secondary N) is 4. The van der Waals surface area contributed by atoms with Gasteiger partial charge in [0.15, 0.2) is 0 Å². The Morgan fingerprint density at radius 2 is 1.13 bits per heavy atom. The molecule has 4 amide bonds. The molecule has 4 atom stereocenters. The molecule has 0 radical (unpaired) electrons. The second-order valence-corrected chi connectivity index (χ2v) is 12.6. The van der Waals surface area contributed by atoms with E-state index in [2.05, 4.69) is 21.4 Å². The van der Waals surface area contributed by atoms with E-state index in [-0.39, 0.29) is 36.7 Å². The number of carbonyl (C=O) groups is 4. The quantitative estimate of drug-likeness (QED) is 0.151. The van der Waals surface area contributed by atoms with Crippen molar-refractivity contribution in [3.05, 3.63) is 96.1 Å². The largest absolute Gasteiger partial charge is 0.390 e. The minimum Gasteiger partial charge on any atom is -0.390 e. The van der Waals surface area contributed by atoms with Gasteiger partial charge in [-0.2, -0.15) is 0 Å². The summed E-state index contributed by atoms with van der Waals surface area (Å²) in [6, 6.07) is 25.1. The molecule has 3 rings (SSSR count). The average molecular weight is 644 g/mol. The Hall–Kier alpha value is -4.54. The molecular formula is C37H49N5O5. The first-order valence-corrected chi connectivity index (χ1v) is 16.1. The molecule has 252 valence electrons. The topological polar surface area (TPSA) is 140 Å². The number of carbonyl (C=O) groups excluding carboxylic acids is 4. The van der Waals surface area contributed by atoms with Gasteiger partial charge in [-0.25, -0.2) is 5.01 Å². The fraction of sp³-hybridized carbons (Fsp3) is 0.405. The minimum atomic E-state index is -1.13. The maximum absolute atomic E-state index is 13.5. The van der Waals surface area contributed by atoms with E-state index in [1.807, 2.05) is 113 Å². The Labute approximate surface area is 278 Å². The molecule has 10 nitrogen and oxygen atoms in total. The van der Waals surface area contributed by atoms with Gasteiger partial charge in [-0.15, -0.1) is 0 Å². The lowest BCUT2D eigenvalue weighted by Gasteiger charge is -2.33. The van der Waals surface area contributed by atoms with E-state index in [1.165, 1.54) is 13.8 Å². The van der Waals surface area contributed by atoms with Crippen LogP contribution in [0.3, 0.4) is 0 Å². The standard InChI is InChI=1S/C37H49N5O5/c1-24(2)34(38-26(5)43)36(46)40-32(21-28-13-9-7-10-14-28)33(45)23-42(41-37(47)35(25(3)4)39-27(6)44)22-29-17-19-31(20-18-29)30-15-11-8-12-16-30/h7-20,24-25,32-35,45H,21-23H2,1-6H3,(H,38,43)(H,39,44)(H,40,46)(H,41,47)/t32?,33?,34-,35-/m0/s1. The number of hydrogen-bond donors (Lipinski definition) is 5. The van der Waals surface area contributed by atoms with Crippen LogP contribution >= 0.6 is 0 Å². The number of rotatable bonds is 16. The number of amides is 4. The minimum absolute atomic E-state index is 0.0404. The third kappa shape index (κ3) is 12.0. The predicted molar refractivity (Wildman–Crippen MR) is 183 cm³/mol. The number of nitrogens with zero attached hydrogens (tertiary/aromatic N) is 1. The third-order valence-corrected chi connectivity index (χ3v) is 7.82. The van der Waals surface area contributed by atoms with E-state index in [0.29, 0.717) is 6.42 Å². The third-order valence-electron chi connectivity index (χ3n) is 7.82. The van der Waals surface area contributed by atoms with Gasteiger partial charge in [0, 0.05) is 26.9 Å². The van der Waals surface area contributed by atoms with E-state index in [1.54, 1.807) is 5.01 Å². The predicted octanol–water partition coefficient (Wildman–Crippen LogP) is 3.60. The van der Waals surface area contributed by atoms with Gasteiger partial charge >= 0.3 is 0 Å². The van der Waals surface area contributed by atoms with Crippen LogP contribution in [0.5, 0.6) is 0 Å². The molecule has 0 bridgehead atoms.